The van der Waals surface area contributed by atoms with Crippen molar-refractivity contribution < 1.29 is 23.9 Å². The van der Waals surface area contributed by atoms with Crippen LogP contribution in [-0.4, -0.2) is 43.4 Å². The number of esters is 2. The Morgan fingerprint density at radius 3 is 2.54 bits per heavy atom. The fraction of sp³-hybridized carbons (Fsp3) is 0.200. The molecule has 0 radical (unpaired) electrons. The minimum Gasteiger partial charge on any atom is -0.468 e. The van der Waals surface area contributed by atoms with Crippen LogP contribution in [0.2, 0.25) is 0 Å². The zero-order valence-corrected chi connectivity index (χ0v) is 16.8. The van der Waals surface area contributed by atoms with E-state index in [-0.39, 0.29) is 6.54 Å². The van der Waals surface area contributed by atoms with Crippen molar-refractivity contribution in [3.8, 4) is 0 Å². The highest BCUT2D eigenvalue weighted by atomic mass is 79.9. The second-order valence-corrected chi connectivity index (χ2v) is 6.88. The summed E-state index contributed by atoms with van der Waals surface area (Å²) in [4.78, 5) is 42.2. The van der Waals surface area contributed by atoms with E-state index in [9.17, 15) is 14.4 Å². The largest absolute Gasteiger partial charge is 0.468 e. The number of ether oxygens (including phenoxy) is 2. The van der Waals surface area contributed by atoms with E-state index >= 15 is 0 Å². The fourth-order valence-corrected chi connectivity index (χ4v) is 3.21. The summed E-state index contributed by atoms with van der Waals surface area (Å²) >= 11 is 3.44. The number of amides is 1. The van der Waals surface area contributed by atoms with Crippen molar-refractivity contribution in [2.75, 3.05) is 18.6 Å². The molecule has 0 aromatic heterocycles. The number of hydrogen-bond acceptors (Lipinski definition) is 6. The van der Waals surface area contributed by atoms with Gasteiger partial charge in [0.05, 0.1) is 18.5 Å². The van der Waals surface area contributed by atoms with Crippen LogP contribution in [0, 0.1) is 0 Å². The van der Waals surface area contributed by atoms with Gasteiger partial charge in [0.2, 0.25) is 0 Å². The van der Waals surface area contributed by atoms with Gasteiger partial charge in [-0.05, 0) is 18.2 Å². The molecule has 1 amide bonds. The van der Waals surface area contributed by atoms with Crippen LogP contribution in [0.25, 0.3) is 0 Å². The van der Waals surface area contributed by atoms with Crippen molar-refractivity contribution >= 4 is 45.2 Å². The Kier molecular flexibility index (Phi) is 5.89. The van der Waals surface area contributed by atoms with E-state index in [0.29, 0.717) is 17.0 Å². The monoisotopic (exact) mass is 444 g/mol. The zero-order valence-electron chi connectivity index (χ0n) is 15.2. The van der Waals surface area contributed by atoms with Crippen molar-refractivity contribution in [2.24, 2.45) is 4.99 Å². The number of carbonyl (C=O) groups is 3. The van der Waals surface area contributed by atoms with Crippen molar-refractivity contribution in [3.05, 3.63) is 64.1 Å². The molecule has 0 aliphatic carbocycles. The minimum atomic E-state index is -1.41. The Morgan fingerprint density at radius 1 is 1.18 bits per heavy atom. The molecule has 1 atom stereocenters. The first-order valence-electron chi connectivity index (χ1n) is 8.39. The molecule has 2 aromatic rings. The van der Waals surface area contributed by atoms with E-state index in [1.165, 1.54) is 18.9 Å². The second kappa shape index (κ2) is 8.35. The topological polar surface area (TPSA) is 85.3 Å². The number of fused-ring (bicyclic) bond motifs is 1. The highest BCUT2D eigenvalue weighted by Crippen LogP contribution is 2.31. The average molecular weight is 445 g/mol. The molecule has 1 aliphatic heterocycles. The summed E-state index contributed by atoms with van der Waals surface area (Å²) in [5, 5.41) is 0. The Morgan fingerprint density at radius 2 is 1.89 bits per heavy atom. The first-order valence-corrected chi connectivity index (χ1v) is 9.18. The average Bonchev–Trinajstić information content (AvgIpc) is 2.78. The van der Waals surface area contributed by atoms with Crippen LogP contribution < -0.4 is 4.90 Å². The van der Waals surface area contributed by atoms with Gasteiger partial charge in [-0.15, -0.1) is 0 Å². The molecule has 0 fully saturated rings. The normalized spacial score (nSPS) is 16.0. The lowest BCUT2D eigenvalue weighted by Crippen LogP contribution is -2.43. The molecule has 0 saturated heterocycles. The lowest BCUT2D eigenvalue weighted by atomic mass is 10.0. The molecule has 3 rings (SSSR count). The molecule has 1 aliphatic rings. The molecule has 2 aromatic carbocycles. The molecule has 0 saturated carbocycles. The summed E-state index contributed by atoms with van der Waals surface area (Å²) in [5.41, 5.74) is 2.30. The lowest BCUT2D eigenvalue weighted by Gasteiger charge is -2.23. The molecule has 8 heteroatoms. The molecule has 0 N–H and O–H groups in total. The number of anilines is 1. The first kappa shape index (κ1) is 19.8. The predicted molar refractivity (Wildman–Crippen MR) is 106 cm³/mol. The summed E-state index contributed by atoms with van der Waals surface area (Å²) in [6, 6.07) is 14.5. The number of aliphatic imine (C=N–C) groups is 1. The number of nitrogens with zero attached hydrogens (tertiary/aromatic N) is 2. The Hall–Kier alpha value is -3.00. The third-order valence-electron chi connectivity index (χ3n) is 4.07. The number of rotatable bonds is 4. The summed E-state index contributed by atoms with van der Waals surface area (Å²) in [6.07, 6.45) is -1.41. The van der Waals surface area contributed by atoms with Gasteiger partial charge in [0.1, 0.15) is 6.54 Å². The Bertz CT molecular complexity index is 958. The standard InChI is InChI=1S/C20H17BrN2O5/c1-12(24)28-19-20(26)23(11-17(25)27-2)16-9-8-14(21)10-15(16)18(22-19)13-6-4-3-5-7-13/h3-10,19H,11H2,1-2H3/t19-/m1/s1. The number of carbonyl (C=O) groups excluding carboxylic acids is 3. The zero-order chi connectivity index (χ0) is 20.3. The van der Waals surface area contributed by atoms with Crippen LogP contribution in [0.4, 0.5) is 5.69 Å². The van der Waals surface area contributed by atoms with Gasteiger partial charge in [0.15, 0.2) is 0 Å². The first-order chi connectivity index (χ1) is 13.4. The van der Waals surface area contributed by atoms with Gasteiger partial charge in [0.25, 0.3) is 12.1 Å². The van der Waals surface area contributed by atoms with Crippen LogP contribution in [0.15, 0.2) is 58.0 Å². The second-order valence-electron chi connectivity index (χ2n) is 5.97. The number of benzodiazepines with no additional fused rings is 1. The third-order valence-corrected chi connectivity index (χ3v) is 4.56. The van der Waals surface area contributed by atoms with Crippen LogP contribution in [-0.2, 0) is 23.9 Å². The van der Waals surface area contributed by atoms with Gasteiger partial charge < -0.3 is 9.47 Å². The summed E-state index contributed by atoms with van der Waals surface area (Å²) in [7, 11) is 1.24. The fourth-order valence-electron chi connectivity index (χ4n) is 2.84. The highest BCUT2D eigenvalue weighted by molar-refractivity contribution is 9.10. The van der Waals surface area contributed by atoms with E-state index in [0.717, 1.165) is 10.0 Å². The van der Waals surface area contributed by atoms with Crippen LogP contribution in [0.1, 0.15) is 18.1 Å². The number of benzene rings is 2. The maximum Gasteiger partial charge on any atom is 0.325 e. The van der Waals surface area contributed by atoms with Crippen molar-refractivity contribution in [1.82, 2.24) is 0 Å². The maximum absolute atomic E-state index is 13.1. The van der Waals surface area contributed by atoms with Crippen molar-refractivity contribution in [3.63, 3.8) is 0 Å². The Balaban J connectivity index is 2.23. The molecule has 7 nitrogen and oxygen atoms in total. The molecule has 0 spiro atoms. The van der Waals surface area contributed by atoms with Gasteiger partial charge in [-0.25, -0.2) is 4.99 Å². The quantitative estimate of drug-likeness (QED) is 0.676. The van der Waals surface area contributed by atoms with E-state index < -0.39 is 24.1 Å². The number of halogens is 1. The molecule has 28 heavy (non-hydrogen) atoms. The van der Waals surface area contributed by atoms with Gasteiger partial charge in [0, 0.05) is 22.5 Å². The third kappa shape index (κ3) is 4.12. The minimum absolute atomic E-state index is 0.334. The predicted octanol–water partition coefficient (Wildman–Crippen LogP) is 2.70. The lowest BCUT2D eigenvalue weighted by molar-refractivity contribution is -0.152. The number of hydrogen-bond donors (Lipinski definition) is 0. The van der Waals surface area contributed by atoms with Crippen molar-refractivity contribution in [2.45, 2.75) is 13.2 Å². The SMILES string of the molecule is COC(=O)CN1C(=O)[C@@H](OC(C)=O)N=C(c2ccccc2)c2cc(Br)ccc21. The van der Waals surface area contributed by atoms with Crippen molar-refractivity contribution in [1.29, 1.82) is 0 Å². The molecular formula is C20H17BrN2O5. The van der Waals surface area contributed by atoms with E-state index in [4.69, 9.17) is 9.47 Å². The molecule has 144 valence electrons. The van der Waals surface area contributed by atoms with Gasteiger partial charge in [-0.1, -0.05) is 46.3 Å². The van der Waals surface area contributed by atoms with Gasteiger partial charge >= 0.3 is 11.9 Å². The van der Waals surface area contributed by atoms with Gasteiger partial charge in [-0.2, -0.15) is 0 Å². The van der Waals surface area contributed by atoms with E-state index in [1.54, 1.807) is 18.2 Å². The summed E-state index contributed by atoms with van der Waals surface area (Å²) < 4.78 is 10.7. The molecule has 0 unspecified atom stereocenters. The van der Waals surface area contributed by atoms with Gasteiger partial charge in [-0.3, -0.25) is 19.3 Å². The number of methoxy groups -OCH3 is 1. The maximum atomic E-state index is 13.1. The smallest absolute Gasteiger partial charge is 0.325 e. The highest BCUT2D eigenvalue weighted by Gasteiger charge is 2.35. The van der Waals surface area contributed by atoms with Crippen LogP contribution in [0.5, 0.6) is 0 Å². The van der Waals surface area contributed by atoms with E-state index in [2.05, 4.69) is 20.9 Å². The van der Waals surface area contributed by atoms with E-state index in [1.807, 2.05) is 30.3 Å². The van der Waals surface area contributed by atoms with Crippen LogP contribution in [0.3, 0.4) is 0 Å². The summed E-state index contributed by atoms with van der Waals surface area (Å²) in [6.45, 7) is 0.865. The molecule has 1 heterocycles. The Labute approximate surface area is 170 Å². The molecule has 0 bridgehead atoms. The van der Waals surface area contributed by atoms with Crippen LogP contribution >= 0.6 is 15.9 Å². The molecular weight excluding hydrogens is 428 g/mol. The summed E-state index contributed by atoms with van der Waals surface area (Å²) in [5.74, 6) is -1.89.